The maximum atomic E-state index is 12.2. The van der Waals surface area contributed by atoms with E-state index in [0.717, 1.165) is 58.3 Å². The van der Waals surface area contributed by atoms with Crippen molar-refractivity contribution >= 4 is 5.91 Å². The van der Waals surface area contributed by atoms with Crippen molar-refractivity contribution in [2.75, 3.05) is 39.4 Å². The van der Waals surface area contributed by atoms with Gasteiger partial charge in [0.25, 0.3) is 0 Å². The Bertz CT molecular complexity index is 351. The summed E-state index contributed by atoms with van der Waals surface area (Å²) in [5.41, 5.74) is 5.28. The third-order valence-corrected chi connectivity index (χ3v) is 5.06. The molecule has 3 N–H and O–H groups in total. The quantitative estimate of drug-likeness (QED) is 0.735. The largest absolute Gasteiger partial charge is 0.368 e. The number of nitrogens with zero attached hydrogens (tertiary/aromatic N) is 1. The first-order valence-electron chi connectivity index (χ1n) is 7.71. The molecule has 3 fully saturated rings. The Hall–Kier alpha value is -0.690. The standard InChI is InChI=1S/C14H25N3O3/c15-12(18)13(17-8-1-6-16-7-9-17)2-4-14(5-3-13)19-10-11-20-14/h16H,1-11H2,(H2,15,18). The Labute approximate surface area is 120 Å². The number of ether oxygens (including phenoxy) is 2. The molecule has 3 rings (SSSR count). The minimum Gasteiger partial charge on any atom is -0.368 e. The summed E-state index contributed by atoms with van der Waals surface area (Å²) in [6.07, 6.45) is 4.07. The average molecular weight is 283 g/mol. The van der Waals surface area contributed by atoms with Gasteiger partial charge in [0, 0.05) is 32.5 Å². The summed E-state index contributed by atoms with van der Waals surface area (Å²) in [5.74, 6) is -0.629. The first kappa shape index (κ1) is 14.3. The van der Waals surface area contributed by atoms with Gasteiger partial charge in [-0.2, -0.15) is 0 Å². The van der Waals surface area contributed by atoms with Crippen molar-refractivity contribution in [2.45, 2.75) is 43.4 Å². The van der Waals surface area contributed by atoms with Gasteiger partial charge in [-0.3, -0.25) is 9.69 Å². The van der Waals surface area contributed by atoms with Crippen molar-refractivity contribution in [3.8, 4) is 0 Å². The van der Waals surface area contributed by atoms with E-state index >= 15 is 0 Å². The molecule has 1 aliphatic carbocycles. The highest BCUT2D eigenvalue weighted by atomic mass is 16.7. The van der Waals surface area contributed by atoms with E-state index in [9.17, 15) is 4.79 Å². The van der Waals surface area contributed by atoms with Gasteiger partial charge in [-0.1, -0.05) is 0 Å². The second-order valence-electron chi connectivity index (χ2n) is 6.09. The number of hydrogen-bond donors (Lipinski definition) is 2. The van der Waals surface area contributed by atoms with E-state index in [2.05, 4.69) is 10.2 Å². The van der Waals surface area contributed by atoms with E-state index < -0.39 is 11.3 Å². The molecule has 114 valence electrons. The summed E-state index contributed by atoms with van der Waals surface area (Å²) >= 11 is 0. The van der Waals surface area contributed by atoms with Gasteiger partial charge in [-0.05, 0) is 25.8 Å². The molecule has 0 aromatic heterocycles. The van der Waals surface area contributed by atoms with E-state index in [1.165, 1.54) is 0 Å². The number of carbonyl (C=O) groups excluding carboxylic acids is 1. The molecule has 3 aliphatic rings. The number of primary amides is 1. The van der Waals surface area contributed by atoms with Gasteiger partial charge in [0.15, 0.2) is 5.79 Å². The van der Waals surface area contributed by atoms with Crippen LogP contribution in [0.2, 0.25) is 0 Å². The van der Waals surface area contributed by atoms with Crippen molar-refractivity contribution in [3.63, 3.8) is 0 Å². The number of nitrogens with two attached hydrogens (primary N) is 1. The molecule has 0 atom stereocenters. The summed E-state index contributed by atoms with van der Waals surface area (Å²) in [4.78, 5) is 14.5. The fraction of sp³-hybridized carbons (Fsp3) is 0.929. The molecule has 1 spiro atoms. The molecule has 0 radical (unpaired) electrons. The molecule has 0 aromatic carbocycles. The van der Waals surface area contributed by atoms with E-state index in [1.807, 2.05) is 0 Å². The van der Waals surface area contributed by atoms with Crippen molar-refractivity contribution in [1.82, 2.24) is 10.2 Å². The maximum Gasteiger partial charge on any atom is 0.237 e. The zero-order valence-electron chi connectivity index (χ0n) is 12.0. The van der Waals surface area contributed by atoms with Crippen LogP contribution in [0.25, 0.3) is 0 Å². The van der Waals surface area contributed by atoms with Crippen molar-refractivity contribution in [3.05, 3.63) is 0 Å². The van der Waals surface area contributed by atoms with Gasteiger partial charge >= 0.3 is 0 Å². The smallest absolute Gasteiger partial charge is 0.237 e. The summed E-state index contributed by atoms with van der Waals surface area (Å²) in [7, 11) is 0. The number of carbonyl (C=O) groups is 1. The van der Waals surface area contributed by atoms with Crippen LogP contribution in [-0.2, 0) is 14.3 Å². The van der Waals surface area contributed by atoms with Gasteiger partial charge in [0.05, 0.1) is 13.2 Å². The molecule has 2 heterocycles. The first-order chi connectivity index (χ1) is 9.67. The van der Waals surface area contributed by atoms with Gasteiger partial charge in [-0.15, -0.1) is 0 Å². The highest BCUT2D eigenvalue weighted by molar-refractivity contribution is 5.84. The van der Waals surface area contributed by atoms with E-state index in [-0.39, 0.29) is 5.91 Å². The molecule has 6 heteroatoms. The molecule has 1 amide bonds. The monoisotopic (exact) mass is 283 g/mol. The Kier molecular flexibility index (Phi) is 3.99. The molecule has 1 saturated carbocycles. The SMILES string of the molecule is NC(=O)C1(N2CCCNCC2)CCC2(CC1)OCCO2. The molecule has 6 nitrogen and oxygen atoms in total. The fourth-order valence-corrected chi connectivity index (χ4v) is 3.82. The second kappa shape index (κ2) is 5.60. The topological polar surface area (TPSA) is 76.8 Å². The van der Waals surface area contributed by atoms with Crippen molar-refractivity contribution in [2.24, 2.45) is 5.73 Å². The van der Waals surface area contributed by atoms with Gasteiger partial charge in [0.1, 0.15) is 5.54 Å². The maximum absolute atomic E-state index is 12.2. The van der Waals surface area contributed by atoms with E-state index in [1.54, 1.807) is 0 Å². The predicted molar refractivity (Wildman–Crippen MR) is 74.1 cm³/mol. The average Bonchev–Trinajstić information content (AvgIpc) is 2.74. The minimum absolute atomic E-state index is 0.188. The lowest BCUT2D eigenvalue weighted by molar-refractivity contribution is -0.195. The lowest BCUT2D eigenvalue weighted by atomic mass is 9.76. The third-order valence-electron chi connectivity index (χ3n) is 5.06. The highest BCUT2D eigenvalue weighted by Gasteiger charge is 2.51. The van der Waals surface area contributed by atoms with Crippen LogP contribution in [0, 0.1) is 0 Å². The molecular weight excluding hydrogens is 258 g/mol. The molecule has 0 unspecified atom stereocenters. The molecule has 0 aromatic rings. The lowest BCUT2D eigenvalue weighted by Gasteiger charge is -2.47. The van der Waals surface area contributed by atoms with Crippen LogP contribution < -0.4 is 11.1 Å². The molecule has 20 heavy (non-hydrogen) atoms. The lowest BCUT2D eigenvalue weighted by Crippen LogP contribution is -2.61. The van der Waals surface area contributed by atoms with E-state index in [4.69, 9.17) is 15.2 Å². The Morgan fingerprint density at radius 1 is 1.05 bits per heavy atom. The molecule has 2 aliphatic heterocycles. The third kappa shape index (κ3) is 2.45. The Morgan fingerprint density at radius 2 is 1.75 bits per heavy atom. The van der Waals surface area contributed by atoms with Gasteiger partial charge in [-0.25, -0.2) is 0 Å². The van der Waals surface area contributed by atoms with Crippen LogP contribution in [0.15, 0.2) is 0 Å². The van der Waals surface area contributed by atoms with Crippen molar-refractivity contribution < 1.29 is 14.3 Å². The zero-order chi connectivity index (χ0) is 14.1. The summed E-state index contributed by atoms with van der Waals surface area (Å²) in [6.45, 7) is 5.09. The molecule has 0 bridgehead atoms. The Balaban J connectivity index is 1.74. The normalized spacial score (nSPS) is 30.2. The van der Waals surface area contributed by atoms with Crippen LogP contribution in [0.1, 0.15) is 32.1 Å². The summed E-state index contributed by atoms with van der Waals surface area (Å²) in [6, 6.07) is 0. The first-order valence-corrected chi connectivity index (χ1v) is 7.71. The van der Waals surface area contributed by atoms with Crippen LogP contribution in [0.3, 0.4) is 0 Å². The van der Waals surface area contributed by atoms with Crippen LogP contribution >= 0.6 is 0 Å². The zero-order valence-corrected chi connectivity index (χ0v) is 12.0. The molecule has 2 saturated heterocycles. The molecular formula is C14H25N3O3. The number of nitrogens with one attached hydrogen (secondary N) is 1. The number of rotatable bonds is 2. The highest BCUT2D eigenvalue weighted by Crippen LogP contribution is 2.42. The fourth-order valence-electron chi connectivity index (χ4n) is 3.82. The predicted octanol–water partition coefficient (Wildman–Crippen LogP) is -0.177. The van der Waals surface area contributed by atoms with Crippen LogP contribution in [0.4, 0.5) is 0 Å². The minimum atomic E-state index is -0.507. The summed E-state index contributed by atoms with van der Waals surface area (Å²) < 4.78 is 11.5. The second-order valence-corrected chi connectivity index (χ2v) is 6.09. The number of amides is 1. The summed E-state index contributed by atoms with van der Waals surface area (Å²) in [5, 5.41) is 3.38. The van der Waals surface area contributed by atoms with Gasteiger partial charge < -0.3 is 20.5 Å². The van der Waals surface area contributed by atoms with Crippen LogP contribution in [-0.4, -0.2) is 61.5 Å². The Morgan fingerprint density at radius 3 is 2.40 bits per heavy atom. The number of hydrogen-bond acceptors (Lipinski definition) is 5. The van der Waals surface area contributed by atoms with E-state index in [0.29, 0.717) is 13.2 Å². The van der Waals surface area contributed by atoms with Crippen molar-refractivity contribution in [1.29, 1.82) is 0 Å². The van der Waals surface area contributed by atoms with Crippen LogP contribution in [0.5, 0.6) is 0 Å². The van der Waals surface area contributed by atoms with Gasteiger partial charge in [0.2, 0.25) is 5.91 Å².